The zero-order chi connectivity index (χ0) is 14.5. The molecule has 1 aliphatic heterocycles. The summed E-state index contributed by atoms with van der Waals surface area (Å²) in [6.45, 7) is 2.70. The van der Waals surface area contributed by atoms with Crippen LogP contribution in [0.25, 0.3) is 0 Å². The van der Waals surface area contributed by atoms with Gasteiger partial charge in [-0.15, -0.1) is 0 Å². The van der Waals surface area contributed by atoms with Crippen LogP contribution in [0.2, 0.25) is 0 Å². The van der Waals surface area contributed by atoms with Gasteiger partial charge >= 0.3 is 0 Å². The number of amides is 1. The highest BCUT2D eigenvalue weighted by molar-refractivity contribution is 5.91. The topological polar surface area (TPSA) is 58.4 Å². The van der Waals surface area contributed by atoms with Crippen LogP contribution in [-0.4, -0.2) is 30.5 Å². The van der Waals surface area contributed by atoms with Crippen molar-refractivity contribution in [2.45, 2.75) is 12.8 Å². The summed E-state index contributed by atoms with van der Waals surface area (Å²) < 4.78 is 5.10. The number of pyridine rings is 1. The number of furan rings is 1. The van der Waals surface area contributed by atoms with E-state index in [4.69, 9.17) is 4.42 Å². The number of nitrogens with one attached hydrogen (secondary N) is 1. The van der Waals surface area contributed by atoms with Crippen LogP contribution in [-0.2, 0) is 0 Å². The molecule has 3 rings (SSSR count). The Balaban J connectivity index is 1.53. The molecule has 2 aromatic rings. The van der Waals surface area contributed by atoms with Crippen molar-refractivity contribution in [1.82, 2.24) is 10.3 Å². The summed E-state index contributed by atoms with van der Waals surface area (Å²) in [4.78, 5) is 18.3. The van der Waals surface area contributed by atoms with Gasteiger partial charge < -0.3 is 14.6 Å². The molecule has 0 radical (unpaired) electrons. The number of nitrogens with zero attached hydrogens (tertiary/aromatic N) is 2. The number of hydrogen-bond donors (Lipinski definition) is 1. The minimum Gasteiger partial charge on any atom is -0.459 e. The van der Waals surface area contributed by atoms with Gasteiger partial charge in [-0.25, -0.2) is 0 Å². The van der Waals surface area contributed by atoms with Gasteiger partial charge in [0.05, 0.1) is 6.26 Å². The lowest BCUT2D eigenvalue weighted by Gasteiger charge is -2.34. The summed E-state index contributed by atoms with van der Waals surface area (Å²) in [6, 6.07) is 7.47. The number of rotatable bonds is 4. The standard InChI is InChI=1S/C16H19N3O2/c20-16(15-4-2-10-21-15)18-11-13-3-1-9-19(12-13)14-5-7-17-8-6-14/h2,4-8,10,13H,1,3,9,11-12H2,(H,18,20). The Bertz CT molecular complexity index is 568. The Morgan fingerprint density at radius 1 is 1.38 bits per heavy atom. The van der Waals surface area contributed by atoms with Crippen LogP contribution in [0.3, 0.4) is 0 Å². The molecule has 1 fully saturated rings. The molecule has 0 aliphatic carbocycles. The van der Waals surface area contributed by atoms with Crippen LogP contribution in [0, 0.1) is 5.92 Å². The number of carbonyl (C=O) groups excluding carboxylic acids is 1. The Morgan fingerprint density at radius 3 is 3.00 bits per heavy atom. The van der Waals surface area contributed by atoms with Crippen LogP contribution in [0.4, 0.5) is 5.69 Å². The number of hydrogen-bond acceptors (Lipinski definition) is 4. The first-order valence-electron chi connectivity index (χ1n) is 7.29. The van der Waals surface area contributed by atoms with Gasteiger partial charge in [0.15, 0.2) is 5.76 Å². The molecule has 2 aromatic heterocycles. The fraction of sp³-hybridized carbons (Fsp3) is 0.375. The minimum absolute atomic E-state index is 0.138. The van der Waals surface area contributed by atoms with E-state index in [1.165, 1.54) is 12.0 Å². The maximum absolute atomic E-state index is 11.9. The van der Waals surface area contributed by atoms with E-state index in [1.807, 2.05) is 24.5 Å². The molecule has 1 aliphatic rings. The molecule has 1 saturated heterocycles. The van der Waals surface area contributed by atoms with Gasteiger partial charge in [-0.1, -0.05) is 0 Å². The average molecular weight is 285 g/mol. The highest BCUT2D eigenvalue weighted by atomic mass is 16.3. The molecule has 1 unspecified atom stereocenters. The van der Waals surface area contributed by atoms with Crippen molar-refractivity contribution in [3.63, 3.8) is 0 Å². The molecular formula is C16H19N3O2. The van der Waals surface area contributed by atoms with E-state index in [0.29, 0.717) is 18.2 Å². The highest BCUT2D eigenvalue weighted by Gasteiger charge is 2.21. The fourth-order valence-electron chi connectivity index (χ4n) is 2.75. The van der Waals surface area contributed by atoms with E-state index in [2.05, 4.69) is 15.2 Å². The zero-order valence-corrected chi connectivity index (χ0v) is 11.9. The summed E-state index contributed by atoms with van der Waals surface area (Å²) in [5, 5.41) is 2.96. The van der Waals surface area contributed by atoms with E-state index in [9.17, 15) is 4.79 Å². The lowest BCUT2D eigenvalue weighted by atomic mass is 9.97. The lowest BCUT2D eigenvalue weighted by Crippen LogP contribution is -2.41. The molecule has 3 heterocycles. The second-order valence-corrected chi connectivity index (χ2v) is 5.35. The normalized spacial score (nSPS) is 18.5. The molecule has 1 amide bonds. The van der Waals surface area contributed by atoms with Gasteiger partial charge in [-0.05, 0) is 43.0 Å². The molecule has 5 heteroatoms. The second kappa shape index (κ2) is 6.43. The van der Waals surface area contributed by atoms with Gasteiger partial charge in [0.2, 0.25) is 0 Å². The van der Waals surface area contributed by atoms with Crippen molar-refractivity contribution >= 4 is 11.6 Å². The number of anilines is 1. The smallest absolute Gasteiger partial charge is 0.286 e. The summed E-state index contributed by atoms with van der Waals surface area (Å²) >= 11 is 0. The Labute approximate surface area is 124 Å². The molecular weight excluding hydrogens is 266 g/mol. The van der Waals surface area contributed by atoms with Crippen molar-refractivity contribution in [3.05, 3.63) is 48.7 Å². The summed E-state index contributed by atoms with van der Waals surface area (Å²) in [6.07, 6.45) is 7.43. The molecule has 1 N–H and O–H groups in total. The summed E-state index contributed by atoms with van der Waals surface area (Å²) in [5.41, 5.74) is 1.20. The third kappa shape index (κ3) is 3.42. The monoisotopic (exact) mass is 285 g/mol. The van der Waals surface area contributed by atoms with Gasteiger partial charge in [0.1, 0.15) is 0 Å². The minimum atomic E-state index is -0.138. The first kappa shape index (κ1) is 13.7. The quantitative estimate of drug-likeness (QED) is 0.936. The van der Waals surface area contributed by atoms with E-state index in [-0.39, 0.29) is 5.91 Å². The second-order valence-electron chi connectivity index (χ2n) is 5.35. The number of aromatic nitrogens is 1. The Kier molecular flexibility index (Phi) is 4.19. The SMILES string of the molecule is O=C(NCC1CCCN(c2ccncc2)C1)c1ccco1. The maximum Gasteiger partial charge on any atom is 0.286 e. The lowest BCUT2D eigenvalue weighted by molar-refractivity contribution is 0.0918. The first-order valence-corrected chi connectivity index (χ1v) is 7.29. The molecule has 5 nitrogen and oxygen atoms in total. The molecule has 21 heavy (non-hydrogen) atoms. The molecule has 0 spiro atoms. The molecule has 1 atom stereocenters. The Morgan fingerprint density at radius 2 is 2.24 bits per heavy atom. The van der Waals surface area contributed by atoms with E-state index in [1.54, 1.807) is 12.1 Å². The molecule has 0 saturated carbocycles. The first-order chi connectivity index (χ1) is 10.3. The highest BCUT2D eigenvalue weighted by Crippen LogP contribution is 2.22. The van der Waals surface area contributed by atoms with E-state index in [0.717, 1.165) is 25.9 Å². The Hall–Kier alpha value is -2.30. The molecule has 0 aromatic carbocycles. The number of piperidine rings is 1. The van der Waals surface area contributed by atoms with Crippen molar-refractivity contribution in [2.24, 2.45) is 5.92 Å². The van der Waals surface area contributed by atoms with Crippen LogP contribution < -0.4 is 10.2 Å². The van der Waals surface area contributed by atoms with Gasteiger partial charge in [0.25, 0.3) is 5.91 Å². The van der Waals surface area contributed by atoms with Crippen molar-refractivity contribution in [2.75, 3.05) is 24.5 Å². The van der Waals surface area contributed by atoms with Crippen molar-refractivity contribution < 1.29 is 9.21 Å². The van der Waals surface area contributed by atoms with Crippen LogP contribution in [0.5, 0.6) is 0 Å². The predicted octanol–water partition coefficient (Wildman–Crippen LogP) is 2.32. The van der Waals surface area contributed by atoms with Crippen molar-refractivity contribution in [3.8, 4) is 0 Å². The average Bonchev–Trinajstić information content (AvgIpc) is 3.08. The van der Waals surface area contributed by atoms with Crippen LogP contribution in [0.15, 0.2) is 47.3 Å². The molecule has 0 bridgehead atoms. The van der Waals surface area contributed by atoms with Crippen molar-refractivity contribution in [1.29, 1.82) is 0 Å². The maximum atomic E-state index is 11.9. The van der Waals surface area contributed by atoms with Gasteiger partial charge in [-0.3, -0.25) is 9.78 Å². The zero-order valence-electron chi connectivity index (χ0n) is 11.9. The third-order valence-corrected chi connectivity index (χ3v) is 3.84. The molecule has 110 valence electrons. The third-order valence-electron chi connectivity index (χ3n) is 3.84. The summed E-state index contributed by atoms with van der Waals surface area (Å²) in [5.74, 6) is 0.698. The van der Waals surface area contributed by atoms with Gasteiger partial charge in [0, 0.05) is 37.7 Å². The largest absolute Gasteiger partial charge is 0.459 e. The van der Waals surface area contributed by atoms with Gasteiger partial charge in [-0.2, -0.15) is 0 Å². The van der Waals surface area contributed by atoms with E-state index >= 15 is 0 Å². The predicted molar refractivity (Wildman–Crippen MR) is 80.2 cm³/mol. The van der Waals surface area contributed by atoms with E-state index < -0.39 is 0 Å². The van der Waals surface area contributed by atoms with Crippen LogP contribution in [0.1, 0.15) is 23.4 Å². The van der Waals surface area contributed by atoms with Crippen LogP contribution >= 0.6 is 0 Å². The fourth-order valence-corrected chi connectivity index (χ4v) is 2.75. The number of carbonyl (C=O) groups is 1. The summed E-state index contributed by atoms with van der Waals surface area (Å²) in [7, 11) is 0.